The summed E-state index contributed by atoms with van der Waals surface area (Å²) in [6.07, 6.45) is 3.47. The molecule has 2 aromatic rings. The fraction of sp³-hybridized carbons (Fsp3) is 0.111. The number of nitrogens with zero attached hydrogens (tertiary/aromatic N) is 1. The third-order valence-electron chi connectivity index (χ3n) is 1.78. The van der Waals surface area contributed by atoms with Crippen LogP contribution in [0.5, 0.6) is 0 Å². The lowest BCUT2D eigenvalue weighted by atomic mass is 10.2. The number of rotatable bonds is 1. The van der Waals surface area contributed by atoms with E-state index in [4.69, 9.17) is 12.2 Å². The van der Waals surface area contributed by atoms with E-state index < -0.39 is 0 Å². The molecule has 2 rings (SSSR count). The maximum absolute atomic E-state index is 5.15. The molecular formula is C9H8N2S2. The van der Waals surface area contributed by atoms with Crippen LogP contribution in [0.15, 0.2) is 23.8 Å². The Kier molecular flexibility index (Phi) is 2.24. The maximum atomic E-state index is 5.15. The zero-order valence-corrected chi connectivity index (χ0v) is 8.71. The highest BCUT2D eigenvalue weighted by atomic mass is 32.1. The molecule has 0 aliphatic carbocycles. The summed E-state index contributed by atoms with van der Waals surface area (Å²) in [5, 5.41) is 2.05. The summed E-state index contributed by atoms with van der Waals surface area (Å²) in [6.45, 7) is 2.06. The molecular weight excluding hydrogens is 200 g/mol. The van der Waals surface area contributed by atoms with Crippen molar-refractivity contribution < 1.29 is 0 Å². The van der Waals surface area contributed by atoms with E-state index >= 15 is 0 Å². The van der Waals surface area contributed by atoms with Crippen LogP contribution in [0.1, 0.15) is 5.56 Å². The van der Waals surface area contributed by atoms with Gasteiger partial charge in [-0.1, -0.05) is 12.2 Å². The van der Waals surface area contributed by atoms with Crippen molar-refractivity contribution in [3.05, 3.63) is 34.0 Å². The summed E-state index contributed by atoms with van der Waals surface area (Å²) in [7, 11) is 0. The van der Waals surface area contributed by atoms with Crippen molar-refractivity contribution in [3.63, 3.8) is 0 Å². The molecule has 0 aromatic carbocycles. The lowest BCUT2D eigenvalue weighted by Gasteiger charge is -1.97. The van der Waals surface area contributed by atoms with E-state index in [1.807, 2.05) is 5.38 Å². The van der Waals surface area contributed by atoms with Crippen LogP contribution in [-0.4, -0.2) is 9.97 Å². The minimum Gasteiger partial charge on any atom is -0.350 e. The summed E-state index contributed by atoms with van der Waals surface area (Å²) in [6, 6.07) is 2.07. The Morgan fingerprint density at radius 2 is 2.38 bits per heavy atom. The molecule has 0 aliphatic rings. The highest BCUT2D eigenvalue weighted by molar-refractivity contribution is 7.71. The summed E-state index contributed by atoms with van der Waals surface area (Å²) >= 11 is 6.82. The van der Waals surface area contributed by atoms with Crippen LogP contribution >= 0.6 is 23.6 Å². The largest absolute Gasteiger partial charge is 0.350 e. The van der Waals surface area contributed by atoms with Crippen LogP contribution < -0.4 is 0 Å². The molecule has 0 bridgehead atoms. The number of hydrogen-bond donors (Lipinski definition) is 1. The molecule has 0 aliphatic heterocycles. The second-order valence-electron chi connectivity index (χ2n) is 2.70. The van der Waals surface area contributed by atoms with E-state index in [-0.39, 0.29) is 0 Å². The van der Waals surface area contributed by atoms with E-state index in [0.29, 0.717) is 4.64 Å². The van der Waals surface area contributed by atoms with E-state index in [1.54, 1.807) is 23.7 Å². The molecule has 0 saturated heterocycles. The van der Waals surface area contributed by atoms with Gasteiger partial charge in [0.2, 0.25) is 0 Å². The highest BCUT2D eigenvalue weighted by Crippen LogP contribution is 2.27. The average molecular weight is 208 g/mol. The first-order valence-corrected chi connectivity index (χ1v) is 5.16. The van der Waals surface area contributed by atoms with E-state index in [0.717, 1.165) is 10.6 Å². The van der Waals surface area contributed by atoms with Gasteiger partial charge in [-0.05, 0) is 23.9 Å². The minimum atomic E-state index is 0.702. The van der Waals surface area contributed by atoms with Crippen LogP contribution in [0.25, 0.3) is 10.6 Å². The molecule has 2 nitrogen and oxygen atoms in total. The number of nitrogens with one attached hydrogen (secondary N) is 1. The molecule has 0 unspecified atom stereocenters. The molecule has 66 valence electrons. The predicted molar refractivity (Wildman–Crippen MR) is 57.5 cm³/mol. The molecule has 0 amide bonds. The van der Waals surface area contributed by atoms with E-state index in [1.165, 1.54) is 5.56 Å². The third kappa shape index (κ3) is 1.55. The van der Waals surface area contributed by atoms with E-state index in [9.17, 15) is 0 Å². The van der Waals surface area contributed by atoms with Gasteiger partial charge in [0, 0.05) is 12.4 Å². The molecule has 2 heterocycles. The lowest BCUT2D eigenvalue weighted by Crippen LogP contribution is -1.85. The monoisotopic (exact) mass is 208 g/mol. The number of hydrogen-bond acceptors (Lipinski definition) is 3. The summed E-state index contributed by atoms with van der Waals surface area (Å²) in [5.74, 6) is 0. The molecule has 0 saturated carbocycles. The van der Waals surface area contributed by atoms with Gasteiger partial charge in [0.25, 0.3) is 0 Å². The quantitative estimate of drug-likeness (QED) is 0.729. The molecule has 1 N–H and O–H groups in total. The molecule has 13 heavy (non-hydrogen) atoms. The second-order valence-corrected chi connectivity index (χ2v) is 4.02. The van der Waals surface area contributed by atoms with Gasteiger partial charge in [0.1, 0.15) is 10.3 Å². The van der Waals surface area contributed by atoms with Crippen molar-refractivity contribution >= 4 is 23.6 Å². The van der Waals surface area contributed by atoms with Crippen molar-refractivity contribution in [3.8, 4) is 10.6 Å². The zero-order valence-electron chi connectivity index (χ0n) is 7.07. The van der Waals surface area contributed by atoms with Crippen LogP contribution in [-0.2, 0) is 0 Å². The molecule has 0 fully saturated rings. The van der Waals surface area contributed by atoms with Gasteiger partial charge in [0.05, 0.1) is 4.88 Å². The van der Waals surface area contributed by atoms with Gasteiger partial charge in [-0.15, -0.1) is 11.3 Å². The van der Waals surface area contributed by atoms with E-state index in [2.05, 4.69) is 23.0 Å². The fourth-order valence-electron chi connectivity index (χ4n) is 1.13. The van der Waals surface area contributed by atoms with Crippen molar-refractivity contribution in [2.75, 3.05) is 0 Å². The topological polar surface area (TPSA) is 28.7 Å². The molecule has 4 heteroatoms. The van der Waals surface area contributed by atoms with Crippen molar-refractivity contribution in [1.82, 2.24) is 9.97 Å². The molecule has 2 aromatic heterocycles. The SMILES string of the molecule is Cc1ccsc1-c1ncc[nH]c1=S. The van der Waals surface area contributed by atoms with Gasteiger partial charge in [-0.3, -0.25) is 4.98 Å². The predicted octanol–water partition coefficient (Wildman–Crippen LogP) is 3.18. The summed E-state index contributed by atoms with van der Waals surface area (Å²) in [5.41, 5.74) is 2.10. The minimum absolute atomic E-state index is 0.702. The van der Waals surface area contributed by atoms with Crippen LogP contribution in [0.3, 0.4) is 0 Å². The number of aromatic nitrogens is 2. The number of aromatic amines is 1. The first kappa shape index (κ1) is 8.59. The number of thiophene rings is 1. The Morgan fingerprint density at radius 1 is 1.54 bits per heavy atom. The Bertz CT molecular complexity index is 470. The Labute approximate surface area is 85.3 Å². The normalized spacial score (nSPS) is 10.2. The smallest absolute Gasteiger partial charge is 0.130 e. The lowest BCUT2D eigenvalue weighted by molar-refractivity contribution is 1.19. The van der Waals surface area contributed by atoms with Gasteiger partial charge in [-0.25, -0.2) is 0 Å². The van der Waals surface area contributed by atoms with Gasteiger partial charge < -0.3 is 4.98 Å². The molecule has 0 spiro atoms. The van der Waals surface area contributed by atoms with Crippen LogP contribution in [0, 0.1) is 11.6 Å². The Hall–Kier alpha value is -1.00. The molecule has 0 atom stereocenters. The average Bonchev–Trinajstić information content (AvgIpc) is 2.52. The summed E-state index contributed by atoms with van der Waals surface area (Å²) < 4.78 is 0.702. The van der Waals surface area contributed by atoms with Gasteiger partial charge in [-0.2, -0.15) is 0 Å². The number of aryl methyl sites for hydroxylation is 1. The third-order valence-corrected chi connectivity index (χ3v) is 3.12. The molecule has 0 radical (unpaired) electrons. The van der Waals surface area contributed by atoms with Gasteiger partial charge in [0.15, 0.2) is 0 Å². The van der Waals surface area contributed by atoms with Crippen molar-refractivity contribution in [2.24, 2.45) is 0 Å². The summed E-state index contributed by atoms with van der Waals surface area (Å²) in [4.78, 5) is 8.39. The van der Waals surface area contributed by atoms with Crippen molar-refractivity contribution in [2.45, 2.75) is 6.92 Å². The zero-order chi connectivity index (χ0) is 9.26. The Balaban J connectivity index is 2.66. The second kappa shape index (κ2) is 3.40. The first-order chi connectivity index (χ1) is 6.29. The number of H-pyrrole nitrogens is 1. The van der Waals surface area contributed by atoms with Crippen LogP contribution in [0.2, 0.25) is 0 Å². The van der Waals surface area contributed by atoms with Gasteiger partial charge >= 0.3 is 0 Å². The first-order valence-electron chi connectivity index (χ1n) is 3.87. The fourth-order valence-corrected chi connectivity index (χ4v) is 2.34. The highest BCUT2D eigenvalue weighted by Gasteiger charge is 2.05. The standard InChI is InChI=1S/C9H8N2S2/c1-6-2-5-13-8(6)7-9(12)11-4-3-10-7/h2-5H,1H3,(H,11,12). The maximum Gasteiger partial charge on any atom is 0.130 e. The Morgan fingerprint density at radius 3 is 3.00 bits per heavy atom. The van der Waals surface area contributed by atoms with Crippen molar-refractivity contribution in [1.29, 1.82) is 0 Å². The van der Waals surface area contributed by atoms with Crippen LogP contribution in [0.4, 0.5) is 0 Å².